The van der Waals surface area contributed by atoms with Crippen LogP contribution < -0.4 is 15.2 Å². The van der Waals surface area contributed by atoms with Gasteiger partial charge in [-0.05, 0) is 31.4 Å². The molecule has 1 aromatic rings. The zero-order valence-corrected chi connectivity index (χ0v) is 15.5. The SMILES string of the molecule is COc1c(C(=O)N(C)C)cc(Cl)cc1S(=O)(=O)NCC1(N)CCC1. The number of carbonyl (C=O) groups excluding carboxylic acids is 1. The van der Waals surface area contributed by atoms with Crippen molar-refractivity contribution in [1.82, 2.24) is 9.62 Å². The molecular weight excluding hydrogens is 354 g/mol. The summed E-state index contributed by atoms with van der Waals surface area (Å²) in [5.41, 5.74) is 5.63. The molecule has 0 spiro atoms. The lowest BCUT2D eigenvalue weighted by Crippen LogP contribution is -2.54. The summed E-state index contributed by atoms with van der Waals surface area (Å²) >= 11 is 6.02. The van der Waals surface area contributed by atoms with Gasteiger partial charge in [-0.3, -0.25) is 4.79 Å². The van der Waals surface area contributed by atoms with Gasteiger partial charge in [0.05, 0.1) is 12.7 Å². The lowest BCUT2D eigenvalue weighted by Gasteiger charge is -2.38. The second kappa shape index (κ2) is 6.87. The summed E-state index contributed by atoms with van der Waals surface area (Å²) in [4.78, 5) is 13.4. The summed E-state index contributed by atoms with van der Waals surface area (Å²) in [5, 5.41) is 0.132. The van der Waals surface area contributed by atoms with Crippen molar-refractivity contribution in [2.45, 2.75) is 29.7 Å². The minimum atomic E-state index is -3.93. The summed E-state index contributed by atoms with van der Waals surface area (Å²) in [6.07, 6.45) is 2.53. The average Bonchev–Trinajstić information content (AvgIpc) is 2.49. The van der Waals surface area contributed by atoms with E-state index in [4.69, 9.17) is 22.1 Å². The topological polar surface area (TPSA) is 102 Å². The molecule has 0 unspecified atom stereocenters. The summed E-state index contributed by atoms with van der Waals surface area (Å²) in [7, 11) is 0.503. The Morgan fingerprint density at radius 3 is 2.50 bits per heavy atom. The normalized spacial score (nSPS) is 16.4. The Kier molecular flexibility index (Phi) is 5.44. The zero-order valence-electron chi connectivity index (χ0n) is 13.9. The fourth-order valence-electron chi connectivity index (χ4n) is 2.50. The van der Waals surface area contributed by atoms with Gasteiger partial charge in [-0.2, -0.15) is 0 Å². The summed E-state index contributed by atoms with van der Waals surface area (Å²) < 4.78 is 33.0. The van der Waals surface area contributed by atoms with Crippen molar-refractivity contribution in [2.75, 3.05) is 27.7 Å². The van der Waals surface area contributed by atoms with E-state index in [0.717, 1.165) is 19.3 Å². The third-order valence-corrected chi connectivity index (χ3v) is 5.74. The zero-order chi connectivity index (χ0) is 18.1. The molecule has 134 valence electrons. The van der Waals surface area contributed by atoms with E-state index in [9.17, 15) is 13.2 Å². The predicted molar refractivity (Wildman–Crippen MR) is 92.0 cm³/mol. The number of benzene rings is 1. The fourth-order valence-corrected chi connectivity index (χ4v) is 4.14. The summed E-state index contributed by atoms with van der Waals surface area (Å²) in [6, 6.07) is 2.65. The standard InChI is InChI=1S/C15H22ClN3O4S/c1-19(2)14(20)11-7-10(16)8-12(13(11)23-3)24(21,22)18-9-15(17)5-4-6-15/h7-8,18H,4-6,9,17H2,1-3H3. The first kappa shape index (κ1) is 19.0. The Bertz CT molecular complexity index is 745. The Hall–Kier alpha value is -1.35. The monoisotopic (exact) mass is 375 g/mol. The number of amides is 1. The fraction of sp³-hybridized carbons (Fsp3) is 0.533. The molecule has 1 aliphatic rings. The van der Waals surface area contributed by atoms with E-state index < -0.39 is 21.5 Å². The minimum Gasteiger partial charge on any atom is -0.494 e. The highest BCUT2D eigenvalue weighted by atomic mass is 35.5. The molecule has 3 N–H and O–H groups in total. The van der Waals surface area contributed by atoms with Gasteiger partial charge in [-0.1, -0.05) is 11.6 Å². The second-order valence-electron chi connectivity index (χ2n) is 6.22. The van der Waals surface area contributed by atoms with Crippen molar-refractivity contribution in [1.29, 1.82) is 0 Å². The summed E-state index contributed by atoms with van der Waals surface area (Å²) in [5.74, 6) is -0.439. The van der Waals surface area contributed by atoms with E-state index >= 15 is 0 Å². The van der Waals surface area contributed by atoms with E-state index in [-0.39, 0.29) is 27.8 Å². The van der Waals surface area contributed by atoms with Crippen LogP contribution in [0.15, 0.2) is 17.0 Å². The molecule has 0 heterocycles. The van der Waals surface area contributed by atoms with E-state index in [0.29, 0.717) is 0 Å². The van der Waals surface area contributed by atoms with Gasteiger partial charge in [-0.25, -0.2) is 13.1 Å². The molecule has 1 aromatic carbocycles. The lowest BCUT2D eigenvalue weighted by molar-refractivity contribution is 0.0823. The molecule has 0 aliphatic heterocycles. The lowest BCUT2D eigenvalue weighted by atomic mass is 9.78. The highest BCUT2D eigenvalue weighted by Gasteiger charge is 2.35. The van der Waals surface area contributed by atoms with Gasteiger partial charge in [0.1, 0.15) is 4.90 Å². The number of nitrogens with one attached hydrogen (secondary N) is 1. The molecule has 7 nitrogen and oxygen atoms in total. The third kappa shape index (κ3) is 3.83. The van der Waals surface area contributed by atoms with Crippen molar-refractivity contribution >= 4 is 27.5 Å². The number of hydrogen-bond acceptors (Lipinski definition) is 5. The minimum absolute atomic E-state index is 0.0368. The molecule has 1 fully saturated rings. The first-order valence-corrected chi connectivity index (χ1v) is 9.33. The van der Waals surface area contributed by atoms with Gasteiger partial charge in [0.25, 0.3) is 5.91 Å². The average molecular weight is 376 g/mol. The van der Waals surface area contributed by atoms with Crippen LogP contribution in [0.5, 0.6) is 5.75 Å². The predicted octanol–water partition coefficient (Wildman–Crippen LogP) is 1.21. The number of sulfonamides is 1. The number of hydrogen-bond donors (Lipinski definition) is 2. The number of nitrogens with zero attached hydrogens (tertiary/aromatic N) is 1. The first-order valence-electron chi connectivity index (χ1n) is 7.47. The second-order valence-corrected chi connectivity index (χ2v) is 8.40. The number of nitrogens with two attached hydrogens (primary N) is 1. The maximum atomic E-state index is 12.7. The first-order chi connectivity index (χ1) is 11.1. The van der Waals surface area contributed by atoms with Gasteiger partial charge >= 0.3 is 0 Å². The number of rotatable bonds is 6. The molecule has 9 heteroatoms. The molecule has 2 rings (SSSR count). The van der Waals surface area contributed by atoms with Gasteiger partial charge < -0.3 is 15.4 Å². The maximum Gasteiger partial charge on any atom is 0.257 e. The smallest absolute Gasteiger partial charge is 0.257 e. The van der Waals surface area contributed by atoms with Crippen LogP contribution in [0.4, 0.5) is 0 Å². The molecule has 0 radical (unpaired) electrons. The maximum absolute atomic E-state index is 12.7. The number of ether oxygens (including phenoxy) is 1. The van der Waals surface area contributed by atoms with Gasteiger partial charge in [0.15, 0.2) is 5.75 Å². The van der Waals surface area contributed by atoms with E-state index in [1.165, 1.54) is 24.1 Å². The van der Waals surface area contributed by atoms with Gasteiger partial charge in [0.2, 0.25) is 10.0 Å². The van der Waals surface area contributed by atoms with E-state index in [1.54, 1.807) is 14.1 Å². The Morgan fingerprint density at radius 1 is 1.42 bits per heavy atom. The molecule has 24 heavy (non-hydrogen) atoms. The van der Waals surface area contributed by atoms with E-state index in [1.807, 2.05) is 0 Å². The van der Waals surface area contributed by atoms with Crippen molar-refractivity contribution in [3.8, 4) is 5.75 Å². The molecule has 0 atom stereocenters. The molecule has 1 aliphatic carbocycles. The van der Waals surface area contributed by atoms with Gasteiger partial charge in [0, 0.05) is 31.2 Å². The number of methoxy groups -OCH3 is 1. The molecule has 1 saturated carbocycles. The largest absolute Gasteiger partial charge is 0.494 e. The van der Waals surface area contributed by atoms with Crippen LogP contribution >= 0.6 is 11.6 Å². The molecule has 1 amide bonds. The van der Waals surface area contributed by atoms with Crippen LogP contribution in [0, 0.1) is 0 Å². The molecule has 0 saturated heterocycles. The summed E-state index contributed by atoms with van der Waals surface area (Å²) in [6.45, 7) is 0.127. The van der Waals surface area contributed by atoms with Crippen LogP contribution in [0.2, 0.25) is 5.02 Å². The van der Waals surface area contributed by atoms with Crippen LogP contribution in [-0.4, -0.2) is 52.5 Å². The van der Waals surface area contributed by atoms with Crippen LogP contribution in [-0.2, 0) is 10.0 Å². The number of halogens is 1. The van der Waals surface area contributed by atoms with Crippen LogP contribution in [0.25, 0.3) is 0 Å². The van der Waals surface area contributed by atoms with Crippen LogP contribution in [0.3, 0.4) is 0 Å². The van der Waals surface area contributed by atoms with Crippen LogP contribution in [0.1, 0.15) is 29.6 Å². The molecule has 0 aromatic heterocycles. The Balaban J connectivity index is 2.42. The van der Waals surface area contributed by atoms with Crippen molar-refractivity contribution < 1.29 is 17.9 Å². The highest BCUT2D eigenvalue weighted by molar-refractivity contribution is 7.89. The van der Waals surface area contributed by atoms with Crippen molar-refractivity contribution in [2.24, 2.45) is 5.73 Å². The Morgan fingerprint density at radius 2 is 2.04 bits per heavy atom. The third-order valence-electron chi connectivity index (χ3n) is 4.11. The van der Waals surface area contributed by atoms with Crippen molar-refractivity contribution in [3.63, 3.8) is 0 Å². The molecule has 0 bridgehead atoms. The highest BCUT2D eigenvalue weighted by Crippen LogP contribution is 2.33. The van der Waals surface area contributed by atoms with Gasteiger partial charge in [-0.15, -0.1) is 0 Å². The quantitative estimate of drug-likeness (QED) is 0.778. The van der Waals surface area contributed by atoms with Crippen molar-refractivity contribution in [3.05, 3.63) is 22.7 Å². The molecular formula is C15H22ClN3O4S. The number of carbonyl (C=O) groups is 1. The Labute approximate surface area is 147 Å². The van der Waals surface area contributed by atoms with E-state index in [2.05, 4.69) is 4.72 Å².